The zero-order valence-corrected chi connectivity index (χ0v) is 12.5. The molecule has 116 valence electrons. The molecule has 7 heteroatoms. The van der Waals surface area contributed by atoms with E-state index in [-0.39, 0.29) is 4.90 Å². The fraction of sp³-hybridized carbons (Fsp3) is 0.571. The van der Waals surface area contributed by atoms with Gasteiger partial charge in [0.15, 0.2) is 0 Å². The Bertz CT molecular complexity index is 615. The van der Waals surface area contributed by atoms with Crippen molar-refractivity contribution in [2.45, 2.75) is 42.6 Å². The average molecular weight is 313 g/mol. The van der Waals surface area contributed by atoms with Crippen LogP contribution in [-0.2, 0) is 14.3 Å². The lowest BCUT2D eigenvalue weighted by atomic mass is 10.1. The van der Waals surface area contributed by atoms with Gasteiger partial charge < -0.3 is 10.2 Å². The number of rotatable bonds is 3. The maximum atomic E-state index is 12.2. The fourth-order valence-electron chi connectivity index (χ4n) is 3.09. The second kappa shape index (κ2) is 5.33. The number of aliphatic hydroxyl groups is 2. The average Bonchev–Trinajstić information content (AvgIpc) is 2.92. The van der Waals surface area contributed by atoms with E-state index in [0.717, 1.165) is 5.56 Å². The predicted octanol–water partition coefficient (Wildman–Crippen LogP) is -0.121. The van der Waals surface area contributed by atoms with Gasteiger partial charge in [0.05, 0.1) is 17.0 Å². The van der Waals surface area contributed by atoms with Gasteiger partial charge in [-0.1, -0.05) is 17.7 Å². The van der Waals surface area contributed by atoms with Crippen LogP contribution in [0.3, 0.4) is 0 Å². The number of hydrogen-bond acceptors (Lipinski definition) is 6. The summed E-state index contributed by atoms with van der Waals surface area (Å²) >= 11 is 0. The summed E-state index contributed by atoms with van der Waals surface area (Å²) in [5.41, 5.74) is 0.957. The zero-order chi connectivity index (χ0) is 15.2. The normalized spacial score (nSPS) is 33.3. The molecule has 2 fully saturated rings. The Labute approximate surface area is 124 Å². The van der Waals surface area contributed by atoms with Gasteiger partial charge >= 0.3 is 0 Å². The van der Waals surface area contributed by atoms with Crippen molar-refractivity contribution in [3.05, 3.63) is 29.8 Å². The molecule has 1 aromatic rings. The van der Waals surface area contributed by atoms with Crippen LogP contribution >= 0.6 is 0 Å². The lowest BCUT2D eigenvalue weighted by Crippen LogP contribution is -2.40. The number of nitrogens with zero attached hydrogens (tertiary/aromatic N) is 1. The van der Waals surface area contributed by atoms with Crippen LogP contribution in [0, 0.1) is 6.92 Å². The zero-order valence-electron chi connectivity index (χ0n) is 11.7. The molecule has 6 nitrogen and oxygen atoms in total. The summed E-state index contributed by atoms with van der Waals surface area (Å²) in [5.74, 6) is 0. The Balaban J connectivity index is 1.76. The first kappa shape index (κ1) is 14.9. The number of fused-ring (bicyclic) bond motifs is 1. The molecule has 2 heterocycles. The van der Waals surface area contributed by atoms with Crippen LogP contribution < -0.4 is 0 Å². The number of benzene rings is 1. The lowest BCUT2D eigenvalue weighted by Gasteiger charge is -2.20. The molecule has 2 saturated heterocycles. The van der Waals surface area contributed by atoms with Gasteiger partial charge in [0, 0.05) is 13.1 Å². The summed E-state index contributed by atoms with van der Waals surface area (Å²) in [7, 11) is -3.91. The summed E-state index contributed by atoms with van der Waals surface area (Å²) in [6.45, 7) is 2.83. The molecule has 0 aromatic heterocycles. The topological polar surface area (TPSA) is 87.1 Å². The van der Waals surface area contributed by atoms with E-state index in [9.17, 15) is 18.6 Å². The Kier molecular flexibility index (Phi) is 3.79. The number of aliphatic hydroxyl groups excluding tert-OH is 2. The van der Waals surface area contributed by atoms with Crippen LogP contribution in [0.15, 0.2) is 29.2 Å². The molecule has 0 amide bonds. The minimum atomic E-state index is -3.91. The molecule has 3 rings (SSSR count). The molecular weight excluding hydrogens is 294 g/mol. The lowest BCUT2D eigenvalue weighted by molar-refractivity contribution is 0.0189. The highest BCUT2D eigenvalue weighted by atomic mass is 32.2. The van der Waals surface area contributed by atoms with Crippen LogP contribution in [0.4, 0.5) is 0 Å². The largest absolute Gasteiger partial charge is 0.391 e. The second-order valence-electron chi connectivity index (χ2n) is 5.73. The second-order valence-corrected chi connectivity index (χ2v) is 7.31. The summed E-state index contributed by atoms with van der Waals surface area (Å²) in [4.78, 5) is 1.96. The summed E-state index contributed by atoms with van der Waals surface area (Å²) in [6, 6.07) is 5.94. The van der Waals surface area contributed by atoms with E-state index in [2.05, 4.69) is 0 Å². The molecule has 0 unspecified atom stereocenters. The van der Waals surface area contributed by atoms with Crippen molar-refractivity contribution < 1.29 is 22.8 Å². The minimum absolute atomic E-state index is 0.0768. The number of hydrogen-bond donors (Lipinski definition) is 2. The van der Waals surface area contributed by atoms with Crippen LogP contribution in [0.1, 0.15) is 12.0 Å². The van der Waals surface area contributed by atoms with Crippen molar-refractivity contribution in [1.29, 1.82) is 0 Å². The van der Waals surface area contributed by atoms with Crippen molar-refractivity contribution in [2.24, 2.45) is 0 Å². The molecule has 4 atom stereocenters. The smallest absolute Gasteiger partial charge is 0.297 e. The Morgan fingerprint density at radius 1 is 1.24 bits per heavy atom. The standard InChI is InChI=1S/C14H19NO5S/c1-9-2-4-10(5-3-9)21(18,19)20-12-8-15-7-6-11(16)13(15)14(12)17/h2-5,11-14,16-17H,6-8H2,1H3/t11-,12-,13+,14-/m0/s1. The Morgan fingerprint density at radius 3 is 2.52 bits per heavy atom. The Hall–Kier alpha value is -0.990. The molecule has 2 aliphatic heterocycles. The van der Waals surface area contributed by atoms with Crippen LogP contribution in [-0.4, -0.2) is 61.0 Å². The van der Waals surface area contributed by atoms with Gasteiger partial charge in [-0.05, 0) is 25.5 Å². The minimum Gasteiger partial charge on any atom is -0.391 e. The predicted molar refractivity (Wildman–Crippen MR) is 75.2 cm³/mol. The van der Waals surface area contributed by atoms with Gasteiger partial charge in [0.1, 0.15) is 12.2 Å². The van der Waals surface area contributed by atoms with E-state index in [1.807, 2.05) is 11.8 Å². The fourth-order valence-corrected chi connectivity index (χ4v) is 4.17. The van der Waals surface area contributed by atoms with E-state index in [4.69, 9.17) is 4.18 Å². The van der Waals surface area contributed by atoms with Crippen molar-refractivity contribution in [3.8, 4) is 0 Å². The highest BCUT2D eigenvalue weighted by molar-refractivity contribution is 7.86. The first-order chi connectivity index (χ1) is 9.88. The highest BCUT2D eigenvalue weighted by Crippen LogP contribution is 2.31. The van der Waals surface area contributed by atoms with Gasteiger partial charge in [-0.25, -0.2) is 0 Å². The highest BCUT2D eigenvalue weighted by Gasteiger charge is 2.49. The van der Waals surface area contributed by atoms with Crippen LogP contribution in [0.25, 0.3) is 0 Å². The van der Waals surface area contributed by atoms with E-state index in [1.165, 1.54) is 12.1 Å². The van der Waals surface area contributed by atoms with Crippen molar-refractivity contribution >= 4 is 10.1 Å². The molecule has 0 bridgehead atoms. The van der Waals surface area contributed by atoms with Gasteiger partial charge in [-0.2, -0.15) is 8.42 Å². The molecule has 0 saturated carbocycles. The molecule has 2 aliphatic rings. The maximum Gasteiger partial charge on any atom is 0.297 e. The summed E-state index contributed by atoms with van der Waals surface area (Å²) in [5, 5.41) is 20.0. The third-order valence-electron chi connectivity index (χ3n) is 4.23. The third kappa shape index (κ3) is 2.72. The van der Waals surface area contributed by atoms with Crippen molar-refractivity contribution in [3.63, 3.8) is 0 Å². The van der Waals surface area contributed by atoms with E-state index < -0.39 is 34.5 Å². The number of aryl methyl sites for hydroxylation is 1. The van der Waals surface area contributed by atoms with Crippen molar-refractivity contribution in [2.75, 3.05) is 13.1 Å². The molecule has 2 N–H and O–H groups in total. The summed E-state index contributed by atoms with van der Waals surface area (Å²) < 4.78 is 29.7. The van der Waals surface area contributed by atoms with E-state index >= 15 is 0 Å². The molecular formula is C14H19NO5S. The first-order valence-corrected chi connectivity index (χ1v) is 8.39. The van der Waals surface area contributed by atoms with E-state index in [1.54, 1.807) is 12.1 Å². The van der Waals surface area contributed by atoms with Crippen molar-refractivity contribution in [1.82, 2.24) is 4.90 Å². The van der Waals surface area contributed by atoms with Gasteiger partial charge in [-0.15, -0.1) is 0 Å². The summed E-state index contributed by atoms with van der Waals surface area (Å²) in [6.07, 6.45) is -1.87. The van der Waals surface area contributed by atoms with Gasteiger partial charge in [0.25, 0.3) is 10.1 Å². The van der Waals surface area contributed by atoms with E-state index in [0.29, 0.717) is 19.5 Å². The maximum absolute atomic E-state index is 12.2. The molecule has 0 radical (unpaired) electrons. The molecule has 0 aliphatic carbocycles. The Morgan fingerprint density at radius 2 is 1.90 bits per heavy atom. The molecule has 0 spiro atoms. The van der Waals surface area contributed by atoms with Crippen LogP contribution in [0.5, 0.6) is 0 Å². The van der Waals surface area contributed by atoms with Gasteiger partial charge in [0.2, 0.25) is 0 Å². The molecule has 1 aromatic carbocycles. The monoisotopic (exact) mass is 313 g/mol. The molecule has 21 heavy (non-hydrogen) atoms. The van der Waals surface area contributed by atoms with Gasteiger partial charge in [-0.3, -0.25) is 9.08 Å². The quantitative estimate of drug-likeness (QED) is 0.757. The SMILES string of the molecule is Cc1ccc(S(=O)(=O)O[C@H]2CN3CC[C@H](O)[C@@H]3[C@H]2O)cc1. The first-order valence-electron chi connectivity index (χ1n) is 6.98. The van der Waals surface area contributed by atoms with Crippen LogP contribution in [0.2, 0.25) is 0 Å². The third-order valence-corrected chi connectivity index (χ3v) is 5.58.